The monoisotopic (exact) mass is 378 g/mol. The number of methoxy groups -OCH3 is 1. The summed E-state index contributed by atoms with van der Waals surface area (Å²) in [5, 5.41) is 0. The largest absolute Gasteiger partial charge is 0.378 e. The number of ether oxygens (including phenoxy) is 2. The van der Waals surface area contributed by atoms with Gasteiger partial charge in [0.05, 0.1) is 29.0 Å². The molecule has 0 radical (unpaired) electrons. The molecular weight excluding hydrogens is 348 g/mol. The Morgan fingerprint density at radius 1 is 1.38 bits per heavy atom. The lowest BCUT2D eigenvalue weighted by Gasteiger charge is -2.43. The smallest absolute Gasteiger partial charge is 0.223 e. The number of hydrogen-bond acceptors (Lipinski definition) is 5. The van der Waals surface area contributed by atoms with Crippen LogP contribution in [0.1, 0.15) is 55.5 Å². The van der Waals surface area contributed by atoms with Gasteiger partial charge in [-0.1, -0.05) is 0 Å². The number of thiazole rings is 1. The van der Waals surface area contributed by atoms with Crippen molar-refractivity contribution in [2.75, 3.05) is 20.3 Å². The van der Waals surface area contributed by atoms with Gasteiger partial charge in [-0.2, -0.15) is 0 Å². The van der Waals surface area contributed by atoms with Crippen LogP contribution in [0.5, 0.6) is 0 Å². The summed E-state index contributed by atoms with van der Waals surface area (Å²) in [7, 11) is 1.81. The van der Waals surface area contributed by atoms with Crippen molar-refractivity contribution < 1.29 is 14.3 Å². The Morgan fingerprint density at radius 3 is 2.92 bits per heavy atom. The Labute approximate surface area is 160 Å². The zero-order chi connectivity index (χ0) is 18.1. The van der Waals surface area contributed by atoms with Crippen LogP contribution in [0.2, 0.25) is 0 Å². The number of fused-ring (bicyclic) bond motifs is 1. The van der Waals surface area contributed by atoms with Crippen molar-refractivity contribution in [3.8, 4) is 0 Å². The van der Waals surface area contributed by atoms with Gasteiger partial charge in [-0.3, -0.25) is 4.79 Å². The minimum Gasteiger partial charge on any atom is -0.378 e. The fourth-order valence-corrected chi connectivity index (χ4v) is 5.38. The van der Waals surface area contributed by atoms with Gasteiger partial charge < -0.3 is 14.4 Å². The average molecular weight is 379 g/mol. The normalized spacial score (nSPS) is 31.2. The van der Waals surface area contributed by atoms with Crippen LogP contribution in [0.25, 0.3) is 0 Å². The van der Waals surface area contributed by atoms with E-state index < -0.39 is 0 Å². The number of aryl methyl sites for hydroxylation is 2. The first-order valence-electron chi connectivity index (χ1n) is 9.96. The van der Waals surface area contributed by atoms with Gasteiger partial charge in [0, 0.05) is 31.6 Å². The van der Waals surface area contributed by atoms with Crippen molar-refractivity contribution in [2.24, 2.45) is 5.92 Å². The maximum atomic E-state index is 13.0. The Balaban J connectivity index is 1.38. The van der Waals surface area contributed by atoms with E-state index in [1.165, 1.54) is 17.7 Å². The zero-order valence-electron chi connectivity index (χ0n) is 15.9. The highest BCUT2D eigenvalue weighted by molar-refractivity contribution is 7.09. The van der Waals surface area contributed by atoms with E-state index in [4.69, 9.17) is 9.47 Å². The molecule has 0 aromatic carbocycles. The molecule has 1 saturated heterocycles. The molecule has 2 aliphatic carbocycles. The van der Waals surface area contributed by atoms with Crippen LogP contribution in [-0.2, 0) is 20.7 Å². The molecule has 0 spiro atoms. The second kappa shape index (κ2) is 7.56. The number of carbonyl (C=O) groups is 1. The van der Waals surface area contributed by atoms with Crippen LogP contribution in [0, 0.1) is 12.8 Å². The van der Waals surface area contributed by atoms with Crippen molar-refractivity contribution in [2.45, 2.75) is 76.0 Å². The Bertz CT molecular complexity index is 645. The lowest BCUT2D eigenvalue weighted by Crippen LogP contribution is -2.53. The Hall–Kier alpha value is -0.980. The molecule has 3 fully saturated rings. The van der Waals surface area contributed by atoms with Crippen LogP contribution in [-0.4, -0.2) is 53.8 Å². The molecule has 2 heterocycles. The molecule has 0 bridgehead atoms. The lowest BCUT2D eigenvalue weighted by molar-refractivity contribution is -0.141. The van der Waals surface area contributed by atoms with E-state index in [1.54, 1.807) is 11.3 Å². The predicted molar refractivity (Wildman–Crippen MR) is 101 cm³/mol. The standard InChI is InChI=1S/C20H30N2O3S/c1-14-17(26-13-21-14)5-6-19(23)22-10-9-20(24-2)8-7-16(11-18(20)22)25-12-15-3-4-15/h13,15-16,18H,3-12H2,1-2H3/t16-,18+,20-/m1/s1. The van der Waals surface area contributed by atoms with Gasteiger partial charge >= 0.3 is 0 Å². The first-order chi connectivity index (χ1) is 12.6. The van der Waals surface area contributed by atoms with Crippen molar-refractivity contribution >= 4 is 17.2 Å². The number of nitrogens with zero attached hydrogens (tertiary/aromatic N) is 2. The summed E-state index contributed by atoms with van der Waals surface area (Å²) < 4.78 is 12.1. The molecule has 0 unspecified atom stereocenters. The number of likely N-dealkylation sites (tertiary alicyclic amines) is 1. The van der Waals surface area contributed by atoms with Crippen LogP contribution in [0.3, 0.4) is 0 Å². The topological polar surface area (TPSA) is 51.7 Å². The van der Waals surface area contributed by atoms with Crippen molar-refractivity contribution in [1.29, 1.82) is 0 Å². The quantitative estimate of drug-likeness (QED) is 0.730. The third-order valence-corrected chi connectivity index (χ3v) is 7.53. The third kappa shape index (κ3) is 3.69. The van der Waals surface area contributed by atoms with E-state index in [1.807, 2.05) is 19.5 Å². The van der Waals surface area contributed by atoms with E-state index >= 15 is 0 Å². The zero-order valence-corrected chi connectivity index (χ0v) is 16.7. The number of carbonyl (C=O) groups excluding carboxylic acids is 1. The molecular formula is C20H30N2O3S. The molecule has 4 rings (SSSR count). The summed E-state index contributed by atoms with van der Waals surface area (Å²) in [4.78, 5) is 20.6. The maximum absolute atomic E-state index is 13.0. The molecule has 2 saturated carbocycles. The summed E-state index contributed by atoms with van der Waals surface area (Å²) in [6.45, 7) is 3.73. The van der Waals surface area contributed by atoms with Gasteiger partial charge in [-0.25, -0.2) is 4.98 Å². The molecule has 1 aliphatic heterocycles. The number of rotatable bonds is 7. The molecule has 1 aromatic heterocycles. The highest BCUT2D eigenvalue weighted by atomic mass is 32.1. The maximum Gasteiger partial charge on any atom is 0.223 e. The second-order valence-electron chi connectivity index (χ2n) is 8.16. The predicted octanol–water partition coefficient (Wildman–Crippen LogP) is 3.35. The fourth-order valence-electron chi connectivity index (χ4n) is 4.60. The number of amides is 1. The van der Waals surface area contributed by atoms with Crippen LogP contribution in [0.4, 0.5) is 0 Å². The van der Waals surface area contributed by atoms with Crippen LogP contribution >= 0.6 is 11.3 Å². The van der Waals surface area contributed by atoms with Crippen molar-refractivity contribution in [3.05, 3.63) is 16.1 Å². The summed E-state index contributed by atoms with van der Waals surface area (Å²) in [6, 6.07) is 0.167. The van der Waals surface area contributed by atoms with Crippen LogP contribution < -0.4 is 0 Å². The third-order valence-electron chi connectivity index (χ3n) is 6.54. The van der Waals surface area contributed by atoms with Gasteiger partial charge in [-0.15, -0.1) is 11.3 Å². The minimum atomic E-state index is -0.157. The Kier molecular flexibility index (Phi) is 5.35. The van der Waals surface area contributed by atoms with E-state index in [0.29, 0.717) is 6.42 Å². The first-order valence-corrected chi connectivity index (χ1v) is 10.8. The average Bonchev–Trinajstić information content (AvgIpc) is 3.28. The molecule has 144 valence electrons. The second-order valence-corrected chi connectivity index (χ2v) is 9.10. The number of hydrogen-bond donors (Lipinski definition) is 0. The van der Waals surface area contributed by atoms with E-state index in [2.05, 4.69) is 9.88 Å². The van der Waals surface area contributed by atoms with Gasteiger partial charge in [0.25, 0.3) is 0 Å². The highest BCUT2D eigenvalue weighted by Gasteiger charge is 2.52. The van der Waals surface area contributed by atoms with Gasteiger partial charge in [0.1, 0.15) is 0 Å². The molecule has 5 nitrogen and oxygen atoms in total. The van der Waals surface area contributed by atoms with Gasteiger partial charge in [0.2, 0.25) is 5.91 Å². The molecule has 1 amide bonds. The van der Waals surface area contributed by atoms with E-state index in [-0.39, 0.29) is 23.7 Å². The molecule has 6 heteroatoms. The molecule has 1 aromatic rings. The fraction of sp³-hybridized carbons (Fsp3) is 0.800. The lowest BCUT2D eigenvalue weighted by atomic mass is 9.79. The van der Waals surface area contributed by atoms with Gasteiger partial charge in [0.15, 0.2) is 0 Å². The molecule has 3 atom stereocenters. The molecule has 26 heavy (non-hydrogen) atoms. The first kappa shape index (κ1) is 18.4. The summed E-state index contributed by atoms with van der Waals surface area (Å²) in [5.41, 5.74) is 2.76. The van der Waals surface area contributed by atoms with Crippen LogP contribution in [0.15, 0.2) is 5.51 Å². The Morgan fingerprint density at radius 2 is 2.23 bits per heavy atom. The summed E-state index contributed by atoms with van der Waals surface area (Å²) in [6.07, 6.45) is 8.20. The minimum absolute atomic E-state index is 0.157. The molecule has 3 aliphatic rings. The molecule has 0 N–H and O–H groups in total. The van der Waals surface area contributed by atoms with Gasteiger partial charge in [-0.05, 0) is 57.8 Å². The summed E-state index contributed by atoms with van der Waals surface area (Å²) in [5.74, 6) is 1.04. The van der Waals surface area contributed by atoms with Crippen molar-refractivity contribution in [3.63, 3.8) is 0 Å². The van der Waals surface area contributed by atoms with E-state index in [9.17, 15) is 4.79 Å². The number of aromatic nitrogens is 1. The van der Waals surface area contributed by atoms with Crippen molar-refractivity contribution in [1.82, 2.24) is 9.88 Å². The summed E-state index contributed by atoms with van der Waals surface area (Å²) >= 11 is 1.65. The SMILES string of the molecule is CO[C@@]12CC[C@@H](OCC3CC3)C[C@@H]1N(C(=O)CCc1scnc1C)CC2. The highest BCUT2D eigenvalue weighted by Crippen LogP contribution is 2.44. The van der Waals surface area contributed by atoms with E-state index in [0.717, 1.165) is 56.9 Å².